The van der Waals surface area contributed by atoms with Crippen LogP contribution in [0.15, 0.2) is 12.2 Å². The number of unbranched alkanes of at least 4 members (excludes halogenated alkanes) is 46. The average molecular weight is 1100 g/mol. The van der Waals surface area contributed by atoms with Crippen LogP contribution in [0.2, 0.25) is 0 Å². The molecule has 1 heterocycles. The van der Waals surface area contributed by atoms with Crippen LogP contribution in [-0.4, -0.2) is 95.4 Å². The largest absolute Gasteiger partial charge is 0.397 e. The first kappa shape index (κ1) is 72.9. The number of ether oxygens (including phenoxy) is 2. The second kappa shape index (κ2) is 53.2. The molecule has 1 aliphatic heterocycles. The summed E-state index contributed by atoms with van der Waals surface area (Å²) in [6, 6.07) is -0.941. The van der Waals surface area contributed by atoms with Gasteiger partial charge in [0.25, 0.3) is 0 Å². The summed E-state index contributed by atoms with van der Waals surface area (Å²) >= 11 is 0. The topological polar surface area (TPSA) is 192 Å². The van der Waals surface area contributed by atoms with Gasteiger partial charge in [0.15, 0.2) is 6.29 Å². The van der Waals surface area contributed by atoms with Gasteiger partial charge in [0.1, 0.15) is 24.4 Å². The highest BCUT2D eigenvalue weighted by Crippen LogP contribution is 2.26. The van der Waals surface area contributed by atoms with Crippen molar-refractivity contribution in [3.8, 4) is 0 Å². The highest BCUT2D eigenvalue weighted by atomic mass is 32.3. The van der Waals surface area contributed by atoms with Crippen LogP contribution in [0.3, 0.4) is 0 Å². The minimum Gasteiger partial charge on any atom is -0.394 e. The molecule has 0 aromatic carbocycles. The fourth-order valence-electron chi connectivity index (χ4n) is 10.8. The first-order valence-electron chi connectivity index (χ1n) is 32.6. The van der Waals surface area contributed by atoms with Gasteiger partial charge in [-0.15, -0.1) is 0 Å². The van der Waals surface area contributed by atoms with Crippen molar-refractivity contribution in [2.24, 2.45) is 0 Å². The van der Waals surface area contributed by atoms with Gasteiger partial charge in [-0.25, -0.2) is 4.18 Å². The number of nitrogens with one attached hydrogen (secondary N) is 1. The molecular weight excluding hydrogens is 979 g/mol. The monoisotopic (exact) mass is 1100 g/mol. The van der Waals surface area contributed by atoms with E-state index in [-0.39, 0.29) is 18.9 Å². The standard InChI is InChI=1S/C63H123NO11S/c1-3-5-7-9-11-13-15-17-19-21-23-25-27-28-29-31-33-35-37-39-41-43-45-47-49-51-53-59(67)64-56(55-73-63-61(69)62(75-76(70,71)72)60(68)58(54-65)74-63)57(66)52-50-48-46-44-42-40-38-36-34-32-30-26-24-22-20-18-16-14-12-10-8-6-4-2/h50,52,56-58,60-63,65-66,68-69H,3-49,51,53-55H2,1-2H3,(H,64,67)(H,70,71,72)/b52-50+. The van der Waals surface area contributed by atoms with Crippen LogP contribution >= 0.6 is 0 Å². The number of carbonyl (C=O) groups is 1. The molecule has 13 heteroatoms. The summed E-state index contributed by atoms with van der Waals surface area (Å²) in [6.07, 6.45) is 57.0. The summed E-state index contributed by atoms with van der Waals surface area (Å²) < 4.78 is 48.0. The molecule has 1 aliphatic rings. The molecule has 1 fully saturated rings. The van der Waals surface area contributed by atoms with Crippen molar-refractivity contribution in [3.63, 3.8) is 0 Å². The third-order valence-corrected chi connectivity index (χ3v) is 16.3. The third-order valence-electron chi connectivity index (χ3n) is 15.8. The minimum absolute atomic E-state index is 0.254. The molecule has 76 heavy (non-hydrogen) atoms. The maximum atomic E-state index is 13.2. The van der Waals surface area contributed by atoms with Gasteiger partial charge in [-0.1, -0.05) is 315 Å². The van der Waals surface area contributed by atoms with E-state index in [0.29, 0.717) is 6.42 Å². The van der Waals surface area contributed by atoms with E-state index in [1.54, 1.807) is 6.08 Å². The number of rotatable bonds is 58. The summed E-state index contributed by atoms with van der Waals surface area (Å²) in [6.45, 7) is 3.46. The molecule has 6 N–H and O–H groups in total. The van der Waals surface area contributed by atoms with Gasteiger partial charge < -0.3 is 35.2 Å². The first-order chi connectivity index (χ1) is 37.0. The average Bonchev–Trinajstić information content (AvgIpc) is 3.40. The Labute approximate surface area is 468 Å². The molecule has 0 aliphatic carbocycles. The molecule has 1 amide bonds. The number of amides is 1. The lowest BCUT2D eigenvalue weighted by molar-refractivity contribution is -0.298. The lowest BCUT2D eigenvalue weighted by atomic mass is 9.99. The SMILES string of the molecule is CCCCCCCCCCCCCCCCCCCCCCC/C=C/C(O)C(COC1OC(CO)C(O)C(OS(=O)(=O)O)C1O)NC(=O)CCCCCCCCCCCCCCCCCCCCCCCCCCCC. The van der Waals surface area contributed by atoms with Crippen LogP contribution in [0.25, 0.3) is 0 Å². The molecule has 0 aromatic rings. The lowest BCUT2D eigenvalue weighted by Crippen LogP contribution is -2.61. The van der Waals surface area contributed by atoms with Gasteiger partial charge in [-0.3, -0.25) is 9.35 Å². The van der Waals surface area contributed by atoms with Crippen LogP contribution < -0.4 is 5.32 Å². The predicted octanol–water partition coefficient (Wildman–Crippen LogP) is 16.2. The predicted molar refractivity (Wildman–Crippen MR) is 315 cm³/mol. The van der Waals surface area contributed by atoms with Gasteiger partial charge >= 0.3 is 10.4 Å². The molecule has 0 spiro atoms. The summed E-state index contributed by atoms with van der Waals surface area (Å²) in [5, 5.41) is 45.1. The Bertz CT molecular complexity index is 1390. The maximum Gasteiger partial charge on any atom is 0.397 e. The van der Waals surface area contributed by atoms with Crippen LogP contribution in [0, 0.1) is 0 Å². The number of allylic oxidation sites excluding steroid dienone is 1. The number of aliphatic hydroxyl groups is 4. The second-order valence-electron chi connectivity index (χ2n) is 23.1. The van der Waals surface area contributed by atoms with E-state index in [1.165, 1.54) is 263 Å². The number of carbonyl (C=O) groups excluding carboxylic acids is 1. The fraction of sp³-hybridized carbons (Fsp3) is 0.952. The quantitative estimate of drug-likeness (QED) is 0.0193. The minimum atomic E-state index is -5.09. The van der Waals surface area contributed by atoms with E-state index >= 15 is 0 Å². The zero-order chi connectivity index (χ0) is 55.4. The van der Waals surface area contributed by atoms with E-state index < -0.39 is 59.9 Å². The van der Waals surface area contributed by atoms with Gasteiger partial charge in [-0.05, 0) is 19.3 Å². The Balaban J connectivity index is 2.30. The van der Waals surface area contributed by atoms with Crippen LogP contribution in [-0.2, 0) is 28.9 Å². The fourth-order valence-corrected chi connectivity index (χ4v) is 11.3. The second-order valence-corrected chi connectivity index (χ2v) is 24.1. The van der Waals surface area contributed by atoms with Crippen molar-refractivity contribution in [1.82, 2.24) is 5.32 Å². The van der Waals surface area contributed by atoms with E-state index in [9.17, 15) is 38.2 Å². The van der Waals surface area contributed by atoms with Crippen LogP contribution in [0.5, 0.6) is 0 Å². The molecule has 1 saturated heterocycles. The van der Waals surface area contributed by atoms with E-state index in [4.69, 9.17) is 9.47 Å². The number of hydrogen-bond acceptors (Lipinski definition) is 10. The molecule has 0 aromatic heterocycles. The third kappa shape index (κ3) is 44.6. The van der Waals surface area contributed by atoms with Gasteiger partial charge in [0.05, 0.1) is 25.4 Å². The van der Waals surface area contributed by atoms with E-state index in [2.05, 4.69) is 23.3 Å². The molecule has 12 nitrogen and oxygen atoms in total. The summed E-state index contributed by atoms with van der Waals surface area (Å²) in [4.78, 5) is 13.2. The highest BCUT2D eigenvalue weighted by Gasteiger charge is 2.48. The molecule has 7 atom stereocenters. The Kier molecular flexibility index (Phi) is 51.0. The Hall–Kier alpha value is -1.16. The molecule has 0 saturated carbocycles. The van der Waals surface area contributed by atoms with Crippen LogP contribution in [0.4, 0.5) is 0 Å². The van der Waals surface area contributed by atoms with E-state index in [0.717, 1.165) is 38.5 Å². The molecular formula is C63H123NO11S. The molecule has 1 rings (SSSR count). The van der Waals surface area contributed by atoms with Gasteiger partial charge in [-0.2, -0.15) is 8.42 Å². The normalized spacial score (nSPS) is 19.0. The van der Waals surface area contributed by atoms with Crippen molar-refractivity contribution in [3.05, 3.63) is 12.2 Å². The molecule has 7 unspecified atom stereocenters. The van der Waals surface area contributed by atoms with Crippen molar-refractivity contribution in [2.75, 3.05) is 13.2 Å². The zero-order valence-electron chi connectivity index (χ0n) is 49.4. The highest BCUT2D eigenvalue weighted by molar-refractivity contribution is 7.80. The smallest absolute Gasteiger partial charge is 0.394 e. The lowest BCUT2D eigenvalue weighted by Gasteiger charge is -2.41. The van der Waals surface area contributed by atoms with E-state index in [1.807, 2.05) is 6.08 Å². The maximum absolute atomic E-state index is 13.2. The first-order valence-corrected chi connectivity index (χ1v) is 33.9. The van der Waals surface area contributed by atoms with Crippen molar-refractivity contribution in [1.29, 1.82) is 0 Å². The zero-order valence-corrected chi connectivity index (χ0v) is 50.2. The summed E-state index contributed by atoms with van der Waals surface area (Å²) in [5.41, 5.74) is 0. The molecule has 0 bridgehead atoms. The summed E-state index contributed by atoms with van der Waals surface area (Å²) in [5.74, 6) is -0.254. The Morgan fingerprint density at radius 3 is 1.14 bits per heavy atom. The van der Waals surface area contributed by atoms with Crippen molar-refractivity contribution < 1.29 is 51.8 Å². The van der Waals surface area contributed by atoms with Gasteiger partial charge in [0.2, 0.25) is 5.91 Å². The van der Waals surface area contributed by atoms with Crippen molar-refractivity contribution >= 4 is 16.3 Å². The van der Waals surface area contributed by atoms with Crippen molar-refractivity contribution in [2.45, 2.75) is 371 Å². The Morgan fingerprint density at radius 2 is 0.829 bits per heavy atom. The molecule has 0 radical (unpaired) electrons. The molecule has 452 valence electrons. The van der Waals surface area contributed by atoms with Crippen LogP contribution in [0.1, 0.15) is 328 Å². The Morgan fingerprint density at radius 1 is 0.513 bits per heavy atom. The number of aliphatic hydroxyl groups excluding tert-OH is 4. The summed E-state index contributed by atoms with van der Waals surface area (Å²) in [7, 11) is -5.09. The van der Waals surface area contributed by atoms with Gasteiger partial charge in [0, 0.05) is 6.42 Å². The number of hydrogen-bond donors (Lipinski definition) is 6.